The number of nitrogens with zero attached hydrogens (tertiary/aromatic N) is 1. The summed E-state index contributed by atoms with van der Waals surface area (Å²) >= 11 is 0. The largest absolute Gasteiger partial charge is 0.327 e. The van der Waals surface area contributed by atoms with E-state index in [9.17, 15) is 0 Å². The van der Waals surface area contributed by atoms with Gasteiger partial charge in [-0.2, -0.15) is 0 Å². The van der Waals surface area contributed by atoms with Crippen molar-refractivity contribution in [2.24, 2.45) is 5.73 Å². The normalized spacial score (nSPS) is 13.8. The van der Waals surface area contributed by atoms with Gasteiger partial charge >= 0.3 is 0 Å². The number of aromatic nitrogens is 1. The summed E-state index contributed by atoms with van der Waals surface area (Å²) in [5, 5.41) is 3.42. The SMILES string of the molecule is CCC(N)CNCC(C)(C)c1cccnc1. The second-order valence-electron chi connectivity index (χ2n) is 4.92. The fourth-order valence-corrected chi connectivity index (χ4v) is 1.58. The molecule has 1 unspecified atom stereocenters. The van der Waals surface area contributed by atoms with Crippen LogP contribution in [0.5, 0.6) is 0 Å². The van der Waals surface area contributed by atoms with E-state index in [1.54, 1.807) is 6.20 Å². The third-order valence-corrected chi connectivity index (χ3v) is 2.94. The predicted octanol–water partition coefficient (Wildman–Crippen LogP) is 1.69. The summed E-state index contributed by atoms with van der Waals surface area (Å²) in [5.74, 6) is 0. The number of hydrogen-bond donors (Lipinski definition) is 2. The molecule has 1 rings (SSSR count). The van der Waals surface area contributed by atoms with Gasteiger partial charge in [-0.1, -0.05) is 26.8 Å². The summed E-state index contributed by atoms with van der Waals surface area (Å²) < 4.78 is 0. The fourth-order valence-electron chi connectivity index (χ4n) is 1.58. The molecule has 1 atom stereocenters. The number of hydrogen-bond acceptors (Lipinski definition) is 3. The standard InChI is InChI=1S/C13H23N3/c1-4-12(14)9-16-10-13(2,3)11-6-5-7-15-8-11/h5-8,12,16H,4,9-10,14H2,1-3H3. The molecule has 0 bridgehead atoms. The Morgan fingerprint density at radius 3 is 2.81 bits per heavy atom. The average Bonchev–Trinajstić information content (AvgIpc) is 2.30. The van der Waals surface area contributed by atoms with Gasteiger partial charge in [0.2, 0.25) is 0 Å². The van der Waals surface area contributed by atoms with E-state index in [1.165, 1.54) is 5.56 Å². The molecule has 3 N–H and O–H groups in total. The van der Waals surface area contributed by atoms with Crippen LogP contribution in [0.15, 0.2) is 24.5 Å². The molecule has 0 aliphatic heterocycles. The first kappa shape index (κ1) is 13.1. The van der Waals surface area contributed by atoms with Crippen LogP contribution in [0.2, 0.25) is 0 Å². The van der Waals surface area contributed by atoms with Crippen molar-refractivity contribution in [1.82, 2.24) is 10.3 Å². The zero-order chi connectivity index (χ0) is 12.0. The maximum atomic E-state index is 5.87. The van der Waals surface area contributed by atoms with Gasteiger partial charge in [-0.25, -0.2) is 0 Å². The molecular weight excluding hydrogens is 198 g/mol. The second-order valence-corrected chi connectivity index (χ2v) is 4.92. The van der Waals surface area contributed by atoms with Gasteiger partial charge in [0.15, 0.2) is 0 Å². The van der Waals surface area contributed by atoms with Gasteiger partial charge in [0, 0.05) is 36.9 Å². The van der Waals surface area contributed by atoms with E-state index in [0.29, 0.717) is 0 Å². The molecular formula is C13H23N3. The Morgan fingerprint density at radius 2 is 2.25 bits per heavy atom. The highest BCUT2D eigenvalue weighted by atomic mass is 14.9. The highest BCUT2D eigenvalue weighted by molar-refractivity contribution is 5.19. The van der Waals surface area contributed by atoms with Crippen molar-refractivity contribution in [3.8, 4) is 0 Å². The van der Waals surface area contributed by atoms with Crippen LogP contribution in [0.25, 0.3) is 0 Å². The molecule has 1 heterocycles. The Morgan fingerprint density at radius 1 is 1.50 bits per heavy atom. The minimum Gasteiger partial charge on any atom is -0.327 e. The molecule has 1 aromatic rings. The molecule has 1 aromatic heterocycles. The third kappa shape index (κ3) is 3.91. The quantitative estimate of drug-likeness (QED) is 0.768. The van der Waals surface area contributed by atoms with Crippen LogP contribution in [0.3, 0.4) is 0 Å². The number of rotatable bonds is 6. The lowest BCUT2D eigenvalue weighted by atomic mass is 9.85. The molecule has 0 saturated heterocycles. The minimum absolute atomic E-state index is 0.0989. The van der Waals surface area contributed by atoms with E-state index >= 15 is 0 Å². The Hall–Kier alpha value is -0.930. The van der Waals surface area contributed by atoms with Crippen LogP contribution in [0.4, 0.5) is 0 Å². The smallest absolute Gasteiger partial charge is 0.0305 e. The van der Waals surface area contributed by atoms with Crippen molar-refractivity contribution in [3.05, 3.63) is 30.1 Å². The molecule has 90 valence electrons. The molecule has 0 aliphatic carbocycles. The topological polar surface area (TPSA) is 50.9 Å². The first-order valence-corrected chi connectivity index (χ1v) is 5.93. The van der Waals surface area contributed by atoms with Gasteiger partial charge in [-0.05, 0) is 18.1 Å². The van der Waals surface area contributed by atoms with Gasteiger partial charge in [0.25, 0.3) is 0 Å². The van der Waals surface area contributed by atoms with Gasteiger partial charge < -0.3 is 11.1 Å². The van der Waals surface area contributed by atoms with E-state index < -0.39 is 0 Å². The summed E-state index contributed by atoms with van der Waals surface area (Å²) in [4.78, 5) is 4.16. The summed E-state index contributed by atoms with van der Waals surface area (Å²) in [6, 6.07) is 4.35. The number of nitrogens with one attached hydrogen (secondary N) is 1. The Kier molecular flexibility index (Phi) is 4.90. The van der Waals surface area contributed by atoms with Gasteiger partial charge in [-0.3, -0.25) is 4.98 Å². The van der Waals surface area contributed by atoms with Crippen LogP contribution in [0.1, 0.15) is 32.8 Å². The van der Waals surface area contributed by atoms with Crippen LogP contribution in [-0.2, 0) is 5.41 Å². The summed E-state index contributed by atoms with van der Waals surface area (Å²) in [5.41, 5.74) is 7.22. The highest BCUT2D eigenvalue weighted by Gasteiger charge is 2.20. The predicted molar refractivity (Wildman–Crippen MR) is 68.4 cm³/mol. The minimum atomic E-state index is 0.0989. The number of nitrogens with two attached hydrogens (primary N) is 1. The molecule has 0 spiro atoms. The maximum absolute atomic E-state index is 5.87. The third-order valence-electron chi connectivity index (χ3n) is 2.94. The average molecular weight is 221 g/mol. The lowest BCUT2D eigenvalue weighted by Crippen LogP contribution is -2.39. The Balaban J connectivity index is 2.46. The van der Waals surface area contributed by atoms with E-state index in [-0.39, 0.29) is 11.5 Å². The molecule has 16 heavy (non-hydrogen) atoms. The lowest BCUT2D eigenvalue weighted by molar-refractivity contribution is 0.448. The van der Waals surface area contributed by atoms with Crippen LogP contribution in [-0.4, -0.2) is 24.1 Å². The van der Waals surface area contributed by atoms with Crippen molar-refractivity contribution in [2.45, 2.75) is 38.6 Å². The van der Waals surface area contributed by atoms with E-state index in [2.05, 4.69) is 37.1 Å². The molecule has 0 amide bonds. The molecule has 0 aromatic carbocycles. The van der Waals surface area contributed by atoms with Gasteiger partial charge in [0.1, 0.15) is 0 Å². The van der Waals surface area contributed by atoms with Crippen molar-refractivity contribution >= 4 is 0 Å². The molecule has 3 heteroatoms. The highest BCUT2D eigenvalue weighted by Crippen LogP contribution is 2.20. The van der Waals surface area contributed by atoms with E-state index in [0.717, 1.165) is 19.5 Å². The molecule has 0 fully saturated rings. The fraction of sp³-hybridized carbons (Fsp3) is 0.615. The summed E-state index contributed by atoms with van der Waals surface area (Å²) in [6.07, 6.45) is 4.75. The zero-order valence-corrected chi connectivity index (χ0v) is 10.5. The van der Waals surface area contributed by atoms with Crippen molar-refractivity contribution in [2.75, 3.05) is 13.1 Å². The van der Waals surface area contributed by atoms with Gasteiger partial charge in [-0.15, -0.1) is 0 Å². The van der Waals surface area contributed by atoms with Crippen molar-refractivity contribution in [1.29, 1.82) is 0 Å². The maximum Gasteiger partial charge on any atom is 0.0305 e. The van der Waals surface area contributed by atoms with E-state index in [1.807, 2.05) is 12.3 Å². The summed E-state index contributed by atoms with van der Waals surface area (Å²) in [7, 11) is 0. The van der Waals surface area contributed by atoms with E-state index in [4.69, 9.17) is 5.73 Å². The Bertz CT molecular complexity index is 295. The van der Waals surface area contributed by atoms with Gasteiger partial charge in [0.05, 0.1) is 0 Å². The van der Waals surface area contributed by atoms with Crippen LogP contribution in [0, 0.1) is 0 Å². The van der Waals surface area contributed by atoms with Crippen LogP contribution < -0.4 is 11.1 Å². The van der Waals surface area contributed by atoms with Crippen molar-refractivity contribution < 1.29 is 0 Å². The monoisotopic (exact) mass is 221 g/mol. The Labute approximate surface area is 98.5 Å². The molecule has 0 saturated carbocycles. The second kappa shape index (κ2) is 5.97. The first-order chi connectivity index (χ1) is 7.56. The lowest BCUT2D eigenvalue weighted by Gasteiger charge is -2.26. The summed E-state index contributed by atoms with van der Waals surface area (Å²) in [6.45, 7) is 8.34. The van der Waals surface area contributed by atoms with Crippen molar-refractivity contribution in [3.63, 3.8) is 0 Å². The molecule has 0 aliphatic rings. The van der Waals surface area contributed by atoms with Crippen LogP contribution >= 0.6 is 0 Å². The molecule has 0 radical (unpaired) electrons. The number of pyridine rings is 1. The first-order valence-electron chi connectivity index (χ1n) is 5.93. The zero-order valence-electron chi connectivity index (χ0n) is 10.5. The molecule has 3 nitrogen and oxygen atoms in total.